The topological polar surface area (TPSA) is 68.3 Å². The van der Waals surface area contributed by atoms with E-state index in [9.17, 15) is 12.8 Å². The quantitative estimate of drug-likeness (QED) is 0.626. The van der Waals surface area contributed by atoms with Crippen LogP contribution in [0.1, 0.15) is 5.56 Å². The van der Waals surface area contributed by atoms with Crippen LogP contribution in [0, 0.1) is 5.82 Å². The summed E-state index contributed by atoms with van der Waals surface area (Å²) in [4.78, 5) is 4.28. The minimum absolute atomic E-state index is 0.0854. The Morgan fingerprint density at radius 1 is 1.08 bits per heavy atom. The number of aromatic nitrogens is 1. The largest absolute Gasteiger partial charge is 0.439 e. The van der Waals surface area contributed by atoms with Crippen molar-refractivity contribution in [2.75, 3.05) is 0 Å². The fourth-order valence-electron chi connectivity index (χ4n) is 2.12. The number of nitrogens with zero attached hydrogens (tertiary/aromatic N) is 1. The van der Waals surface area contributed by atoms with Crippen molar-refractivity contribution in [1.82, 2.24) is 9.71 Å². The molecule has 1 heterocycles. The van der Waals surface area contributed by atoms with Gasteiger partial charge in [-0.15, -0.1) is 0 Å². The standard InChI is InChI=1S/C18H14BrFN2O3S/c19-14-3-1-6-17(9-14)26(23,24)22-12-13-7-8-18(21-11-13)25-16-5-2-4-15(20)10-16/h1-11,22H,12H2. The highest BCUT2D eigenvalue weighted by molar-refractivity contribution is 9.10. The third kappa shape index (κ3) is 4.87. The van der Waals surface area contributed by atoms with Crippen molar-refractivity contribution < 1.29 is 17.5 Å². The van der Waals surface area contributed by atoms with E-state index in [1.807, 2.05) is 0 Å². The molecule has 5 nitrogen and oxygen atoms in total. The van der Waals surface area contributed by atoms with E-state index in [1.165, 1.54) is 36.5 Å². The molecule has 1 aromatic heterocycles. The number of rotatable bonds is 6. The summed E-state index contributed by atoms with van der Waals surface area (Å²) in [7, 11) is -3.63. The fourth-order valence-corrected chi connectivity index (χ4v) is 3.74. The summed E-state index contributed by atoms with van der Waals surface area (Å²) in [6.07, 6.45) is 1.50. The average molecular weight is 437 g/mol. The highest BCUT2D eigenvalue weighted by Crippen LogP contribution is 2.20. The number of benzene rings is 2. The second-order valence-corrected chi connectivity index (χ2v) is 8.03. The van der Waals surface area contributed by atoms with Crippen LogP contribution in [-0.4, -0.2) is 13.4 Å². The van der Waals surface area contributed by atoms with Crippen LogP contribution in [0.2, 0.25) is 0 Å². The highest BCUT2D eigenvalue weighted by Gasteiger charge is 2.14. The van der Waals surface area contributed by atoms with Crippen molar-refractivity contribution >= 4 is 26.0 Å². The molecule has 3 aromatic rings. The number of hydrogen-bond donors (Lipinski definition) is 1. The van der Waals surface area contributed by atoms with Crippen LogP contribution in [-0.2, 0) is 16.6 Å². The summed E-state index contributed by atoms with van der Waals surface area (Å²) in [5, 5.41) is 0. The molecule has 0 saturated carbocycles. The Morgan fingerprint density at radius 3 is 2.58 bits per heavy atom. The molecule has 0 saturated heterocycles. The maximum Gasteiger partial charge on any atom is 0.240 e. The van der Waals surface area contributed by atoms with Crippen LogP contribution in [0.4, 0.5) is 4.39 Å². The molecular formula is C18H14BrFN2O3S. The lowest BCUT2D eigenvalue weighted by atomic mass is 10.3. The molecule has 0 fully saturated rings. The summed E-state index contributed by atoms with van der Waals surface area (Å²) in [6.45, 7) is 0.0854. The summed E-state index contributed by atoms with van der Waals surface area (Å²) < 4.78 is 46.4. The molecule has 3 rings (SSSR count). The smallest absolute Gasteiger partial charge is 0.240 e. The number of ether oxygens (including phenoxy) is 1. The van der Waals surface area contributed by atoms with Crippen LogP contribution in [0.25, 0.3) is 0 Å². The lowest BCUT2D eigenvalue weighted by molar-refractivity contribution is 0.457. The first-order valence-electron chi connectivity index (χ1n) is 7.56. The highest BCUT2D eigenvalue weighted by atomic mass is 79.9. The predicted octanol–water partition coefficient (Wildman–Crippen LogP) is 4.25. The van der Waals surface area contributed by atoms with E-state index in [0.717, 1.165) is 0 Å². The van der Waals surface area contributed by atoms with E-state index < -0.39 is 15.8 Å². The SMILES string of the molecule is O=S(=O)(NCc1ccc(Oc2cccc(F)c2)nc1)c1cccc(Br)c1. The Bertz CT molecular complexity index is 1010. The van der Waals surface area contributed by atoms with Crippen molar-refractivity contribution in [3.8, 4) is 11.6 Å². The predicted molar refractivity (Wildman–Crippen MR) is 98.9 cm³/mol. The Hall–Kier alpha value is -2.29. The van der Waals surface area contributed by atoms with Crippen molar-refractivity contribution in [2.45, 2.75) is 11.4 Å². The summed E-state index contributed by atoms with van der Waals surface area (Å²) in [5.41, 5.74) is 0.662. The molecule has 0 amide bonds. The molecule has 0 unspecified atom stereocenters. The van der Waals surface area contributed by atoms with Gasteiger partial charge in [0.15, 0.2) is 0 Å². The lowest BCUT2D eigenvalue weighted by Gasteiger charge is -2.08. The molecule has 0 radical (unpaired) electrons. The number of halogens is 2. The maximum atomic E-state index is 13.1. The molecule has 1 N–H and O–H groups in total. The van der Waals surface area contributed by atoms with E-state index >= 15 is 0 Å². The van der Waals surface area contributed by atoms with E-state index in [-0.39, 0.29) is 17.3 Å². The molecule has 0 bridgehead atoms. The molecule has 0 aliphatic heterocycles. The molecule has 0 aliphatic carbocycles. The summed E-state index contributed by atoms with van der Waals surface area (Å²) >= 11 is 3.25. The van der Waals surface area contributed by atoms with Gasteiger partial charge in [-0.05, 0) is 35.9 Å². The Morgan fingerprint density at radius 2 is 1.88 bits per heavy atom. The summed E-state index contributed by atoms with van der Waals surface area (Å²) in [5.74, 6) is 0.218. The second-order valence-electron chi connectivity index (χ2n) is 5.35. The van der Waals surface area contributed by atoms with Crippen LogP contribution in [0.5, 0.6) is 11.6 Å². The van der Waals surface area contributed by atoms with Gasteiger partial charge in [0, 0.05) is 29.3 Å². The van der Waals surface area contributed by atoms with E-state index in [2.05, 4.69) is 25.6 Å². The first-order valence-corrected chi connectivity index (χ1v) is 9.83. The Labute approximate surface area is 159 Å². The zero-order valence-corrected chi connectivity index (χ0v) is 15.8. The minimum atomic E-state index is -3.63. The number of hydrogen-bond acceptors (Lipinski definition) is 4. The first kappa shape index (κ1) is 18.5. The minimum Gasteiger partial charge on any atom is -0.439 e. The van der Waals surface area contributed by atoms with Gasteiger partial charge in [0.25, 0.3) is 0 Å². The second kappa shape index (κ2) is 7.94. The van der Waals surface area contributed by atoms with Crippen molar-refractivity contribution in [2.24, 2.45) is 0 Å². The zero-order chi connectivity index (χ0) is 18.6. The van der Waals surface area contributed by atoms with Gasteiger partial charge in [0.1, 0.15) is 11.6 Å². The lowest BCUT2D eigenvalue weighted by Crippen LogP contribution is -2.23. The Kier molecular flexibility index (Phi) is 5.65. The van der Waals surface area contributed by atoms with E-state index in [4.69, 9.17) is 4.74 Å². The van der Waals surface area contributed by atoms with Crippen molar-refractivity contribution in [3.63, 3.8) is 0 Å². The van der Waals surface area contributed by atoms with Crippen LogP contribution >= 0.6 is 15.9 Å². The van der Waals surface area contributed by atoms with Crippen LogP contribution in [0.3, 0.4) is 0 Å². The van der Waals surface area contributed by atoms with Gasteiger partial charge in [-0.25, -0.2) is 22.5 Å². The molecule has 0 spiro atoms. The molecular weight excluding hydrogens is 423 g/mol. The van der Waals surface area contributed by atoms with Crippen molar-refractivity contribution in [3.05, 3.63) is 82.7 Å². The molecule has 0 aliphatic rings. The molecule has 8 heteroatoms. The maximum absolute atomic E-state index is 13.1. The average Bonchev–Trinajstić information content (AvgIpc) is 2.61. The number of sulfonamides is 1. The van der Waals surface area contributed by atoms with Crippen molar-refractivity contribution in [1.29, 1.82) is 0 Å². The van der Waals surface area contributed by atoms with Gasteiger partial charge in [0.2, 0.25) is 15.9 Å². The van der Waals surface area contributed by atoms with Crippen LogP contribution in [0.15, 0.2) is 76.2 Å². The fraction of sp³-hybridized carbons (Fsp3) is 0.0556. The van der Waals surface area contributed by atoms with E-state index in [0.29, 0.717) is 15.8 Å². The molecule has 2 aromatic carbocycles. The monoisotopic (exact) mass is 436 g/mol. The summed E-state index contributed by atoms with van der Waals surface area (Å²) in [6, 6.07) is 15.4. The molecule has 134 valence electrons. The van der Waals surface area contributed by atoms with Gasteiger partial charge in [0.05, 0.1) is 4.90 Å². The zero-order valence-electron chi connectivity index (χ0n) is 13.4. The van der Waals surface area contributed by atoms with Gasteiger partial charge in [-0.1, -0.05) is 34.1 Å². The number of pyridine rings is 1. The third-order valence-corrected chi connectivity index (χ3v) is 5.28. The van der Waals surface area contributed by atoms with Gasteiger partial charge in [-0.3, -0.25) is 0 Å². The van der Waals surface area contributed by atoms with Crippen LogP contribution < -0.4 is 9.46 Å². The first-order chi connectivity index (χ1) is 12.4. The van der Waals surface area contributed by atoms with Gasteiger partial charge < -0.3 is 4.74 Å². The van der Waals surface area contributed by atoms with Gasteiger partial charge in [-0.2, -0.15) is 0 Å². The normalized spacial score (nSPS) is 11.3. The Balaban J connectivity index is 1.64. The third-order valence-electron chi connectivity index (χ3n) is 3.39. The van der Waals surface area contributed by atoms with Gasteiger partial charge >= 0.3 is 0 Å². The molecule has 0 atom stereocenters. The van der Waals surface area contributed by atoms with E-state index in [1.54, 1.807) is 30.3 Å². The number of nitrogens with one attached hydrogen (secondary N) is 1. The molecule has 26 heavy (non-hydrogen) atoms.